The highest BCUT2D eigenvalue weighted by Crippen LogP contribution is 2.32. The van der Waals surface area contributed by atoms with Gasteiger partial charge in [-0.05, 0) is 32.9 Å². The number of urea groups is 1. The fourth-order valence-electron chi connectivity index (χ4n) is 5.98. The summed E-state index contributed by atoms with van der Waals surface area (Å²) in [6, 6.07) is -3.62. The third kappa shape index (κ3) is 8.70. The molecule has 258 valence electrons. The lowest BCUT2D eigenvalue weighted by molar-refractivity contribution is -0.304. The van der Waals surface area contributed by atoms with Crippen LogP contribution in [-0.4, -0.2) is 157 Å². The number of aliphatic hydroxyl groups excluding tert-OH is 2. The van der Waals surface area contributed by atoms with Gasteiger partial charge in [0.15, 0.2) is 12.2 Å². The lowest BCUT2D eigenvalue weighted by atomic mass is 9.83. The molecule has 16 N–H and O–H groups in total. The molecule has 1 unspecified atom stereocenters. The Morgan fingerprint density at radius 3 is 2.53 bits per heavy atom. The van der Waals surface area contributed by atoms with Crippen molar-refractivity contribution < 1.29 is 44.3 Å². The Labute approximate surface area is 261 Å². The summed E-state index contributed by atoms with van der Waals surface area (Å²) in [4.78, 5) is 16.6. The van der Waals surface area contributed by atoms with Crippen LogP contribution in [0.5, 0.6) is 0 Å². The number of hydrogen-bond donors (Lipinski definition) is 12. The zero-order valence-electron chi connectivity index (χ0n) is 25.6. The molecular weight excluding hydrogens is 596 g/mol. The summed E-state index contributed by atoms with van der Waals surface area (Å²) >= 11 is 0. The summed E-state index contributed by atoms with van der Waals surface area (Å²) < 4.78 is 24.2. The lowest BCUT2D eigenvalue weighted by Crippen LogP contribution is -2.69. The molecule has 0 aromatic rings. The topological polar surface area (TPSA) is 303 Å². The molecule has 4 rings (SSSR count). The number of guanidine groups is 1. The summed E-state index contributed by atoms with van der Waals surface area (Å²) in [5.41, 5.74) is 21.6. The van der Waals surface area contributed by atoms with E-state index in [0.717, 1.165) is 13.1 Å². The van der Waals surface area contributed by atoms with Crippen LogP contribution in [0, 0.1) is 0 Å². The fourth-order valence-corrected chi connectivity index (χ4v) is 5.98. The van der Waals surface area contributed by atoms with Crippen molar-refractivity contribution in [3.63, 3.8) is 0 Å². The first-order valence-corrected chi connectivity index (χ1v) is 15.1. The molecule has 19 nitrogen and oxygen atoms in total. The normalized spacial score (nSPS) is 38.8. The van der Waals surface area contributed by atoms with Crippen molar-refractivity contribution in [2.45, 2.75) is 92.6 Å². The van der Waals surface area contributed by atoms with Gasteiger partial charge in [0, 0.05) is 25.2 Å². The number of nitrogens with zero attached hydrogens (tertiary/aromatic N) is 2. The second kappa shape index (κ2) is 15.5. The van der Waals surface area contributed by atoms with Crippen molar-refractivity contribution in [1.29, 1.82) is 0 Å². The van der Waals surface area contributed by atoms with Crippen LogP contribution in [0.1, 0.15) is 19.8 Å². The number of aliphatic hydroxyl groups is 3. The van der Waals surface area contributed by atoms with Crippen molar-refractivity contribution in [3.8, 4) is 0 Å². The van der Waals surface area contributed by atoms with Gasteiger partial charge in [-0.2, -0.15) is 0 Å². The van der Waals surface area contributed by atoms with Crippen molar-refractivity contribution >= 4 is 12.0 Å². The molecule has 0 bridgehead atoms. The van der Waals surface area contributed by atoms with E-state index in [-0.39, 0.29) is 50.7 Å². The second-order valence-corrected chi connectivity index (χ2v) is 12.1. The van der Waals surface area contributed by atoms with E-state index in [1.165, 1.54) is 6.92 Å². The average molecular weight is 647 g/mol. The smallest absolute Gasteiger partial charge is 0.341 e. The lowest BCUT2D eigenvalue weighted by Gasteiger charge is -2.49. The zero-order valence-corrected chi connectivity index (χ0v) is 25.6. The highest BCUT2D eigenvalue weighted by molar-refractivity contribution is 5.76. The van der Waals surface area contributed by atoms with Gasteiger partial charge in [0.05, 0.1) is 44.4 Å². The van der Waals surface area contributed by atoms with Crippen molar-refractivity contribution in [1.82, 2.24) is 26.3 Å². The molecule has 2 saturated heterocycles. The number of likely N-dealkylation sites (N-methyl/N-ethyl adjacent to an activating group) is 1. The Morgan fingerprint density at radius 2 is 1.91 bits per heavy atom. The van der Waals surface area contributed by atoms with Crippen LogP contribution in [0.2, 0.25) is 0 Å². The predicted molar refractivity (Wildman–Crippen MR) is 159 cm³/mol. The van der Waals surface area contributed by atoms with E-state index in [1.54, 1.807) is 7.05 Å². The van der Waals surface area contributed by atoms with Gasteiger partial charge in [-0.15, -0.1) is 0 Å². The maximum absolute atomic E-state index is 12.9. The summed E-state index contributed by atoms with van der Waals surface area (Å²) in [7, 11) is 1.57. The summed E-state index contributed by atoms with van der Waals surface area (Å²) in [6.07, 6.45) is -4.81. The van der Waals surface area contributed by atoms with Crippen LogP contribution in [0.25, 0.3) is 0 Å². The first kappa shape index (κ1) is 35.5. The van der Waals surface area contributed by atoms with Crippen LogP contribution >= 0.6 is 0 Å². The minimum atomic E-state index is -1.47. The SMILES string of the molecule is CN[C@@H]1[C@@H](O)[C@@H](O[C@H]2[C@H](NC(=O)N(O)CCN=C(N)N)C[C@H](N)C(O[C@H]3OC(CN)=CC[C@H]3NC3CNC3)[C@@H]2O)OC[C@]1(C)O. The molecule has 45 heavy (non-hydrogen) atoms. The third-order valence-corrected chi connectivity index (χ3v) is 8.52. The molecule has 3 fully saturated rings. The van der Waals surface area contributed by atoms with Crippen molar-refractivity contribution in [2.75, 3.05) is 46.4 Å². The first-order chi connectivity index (χ1) is 21.3. The molecule has 0 radical (unpaired) electrons. The van der Waals surface area contributed by atoms with E-state index in [1.807, 2.05) is 6.08 Å². The van der Waals surface area contributed by atoms with E-state index in [4.69, 9.17) is 41.9 Å². The molecule has 1 saturated carbocycles. The number of carbonyl (C=O) groups excluding carboxylic acids is 1. The summed E-state index contributed by atoms with van der Waals surface area (Å²) in [5, 5.41) is 56.3. The number of hydroxylamine groups is 2. The number of rotatable bonds is 12. The summed E-state index contributed by atoms with van der Waals surface area (Å²) in [6.45, 7) is 2.76. The third-order valence-electron chi connectivity index (χ3n) is 8.52. The molecule has 0 aromatic heterocycles. The molecule has 11 atom stereocenters. The molecule has 2 amide bonds. The second-order valence-electron chi connectivity index (χ2n) is 12.1. The predicted octanol–water partition coefficient (Wildman–Crippen LogP) is -5.53. The van der Waals surface area contributed by atoms with Gasteiger partial charge in [0.25, 0.3) is 0 Å². The van der Waals surface area contributed by atoms with Gasteiger partial charge < -0.3 is 78.5 Å². The van der Waals surface area contributed by atoms with Gasteiger partial charge in [-0.25, -0.2) is 9.86 Å². The van der Waals surface area contributed by atoms with E-state index >= 15 is 0 Å². The highest BCUT2D eigenvalue weighted by Gasteiger charge is 2.52. The van der Waals surface area contributed by atoms with Crippen LogP contribution in [-0.2, 0) is 18.9 Å². The first-order valence-electron chi connectivity index (χ1n) is 15.1. The minimum Gasteiger partial charge on any atom is -0.467 e. The van der Waals surface area contributed by atoms with Crippen LogP contribution < -0.4 is 44.2 Å². The van der Waals surface area contributed by atoms with Gasteiger partial charge in [-0.1, -0.05) is 0 Å². The minimum absolute atomic E-state index is 0.0345. The molecular formula is C26H50N10O9. The van der Waals surface area contributed by atoms with Crippen LogP contribution in [0.4, 0.5) is 4.79 Å². The number of nitrogens with one attached hydrogen (secondary N) is 4. The number of aliphatic imine (C=N–C) groups is 1. The number of carbonyl (C=O) groups is 1. The number of nitrogens with two attached hydrogens (primary N) is 4. The Kier molecular flexibility index (Phi) is 12.2. The number of amides is 2. The average Bonchev–Trinajstić information content (AvgIpc) is 2.96. The van der Waals surface area contributed by atoms with Gasteiger partial charge in [-0.3, -0.25) is 10.2 Å². The standard InChI is InChI=1S/C26H50N10O9/c1-26(40)11-42-23(18(38)21(26)31-2)45-20-16(35-25(39)36(41)6-5-33-24(29)30)7-14(28)19(17(20)37)44-22-15(34-12-9-32-10-12)4-3-13(8-27)43-22/h3,12,14-23,31-32,34,37-38,40-41H,4-11,27-28H2,1-2H3,(H,35,39)(H4,29,30,33)/t14-,15+,16+,17-,18+,19?,20-,21+,22+,23+,26-/m0/s1. The zero-order chi connectivity index (χ0) is 32.9. The van der Waals surface area contributed by atoms with Crippen LogP contribution in [0.15, 0.2) is 16.8 Å². The number of hydrogen-bond acceptors (Lipinski definition) is 15. The van der Waals surface area contributed by atoms with E-state index in [9.17, 15) is 25.3 Å². The Bertz CT molecular complexity index is 1050. The molecule has 1 aliphatic carbocycles. The van der Waals surface area contributed by atoms with Gasteiger partial charge in [0.2, 0.25) is 6.29 Å². The quantitative estimate of drug-likeness (QED) is 0.0407. The van der Waals surface area contributed by atoms with E-state index in [2.05, 4.69) is 26.3 Å². The molecule has 4 aliphatic rings. The Morgan fingerprint density at radius 1 is 1.20 bits per heavy atom. The largest absolute Gasteiger partial charge is 0.467 e. The van der Waals surface area contributed by atoms with E-state index < -0.39 is 66.8 Å². The molecule has 0 aromatic carbocycles. The maximum Gasteiger partial charge on any atom is 0.341 e. The van der Waals surface area contributed by atoms with Crippen molar-refractivity contribution in [2.24, 2.45) is 27.9 Å². The summed E-state index contributed by atoms with van der Waals surface area (Å²) in [5.74, 6) is 0.335. The molecule has 3 aliphatic heterocycles. The molecule has 3 heterocycles. The van der Waals surface area contributed by atoms with Gasteiger partial charge >= 0.3 is 6.03 Å². The maximum atomic E-state index is 12.9. The molecule has 0 spiro atoms. The number of ether oxygens (including phenoxy) is 4. The fraction of sp³-hybridized carbons (Fsp3) is 0.846. The van der Waals surface area contributed by atoms with Gasteiger partial charge in [0.1, 0.15) is 35.8 Å². The Balaban J connectivity index is 1.53. The molecule has 19 heteroatoms. The monoisotopic (exact) mass is 646 g/mol. The van der Waals surface area contributed by atoms with Crippen LogP contribution in [0.3, 0.4) is 0 Å². The highest BCUT2D eigenvalue weighted by atomic mass is 16.7. The van der Waals surface area contributed by atoms with Crippen molar-refractivity contribution in [3.05, 3.63) is 11.8 Å². The van der Waals surface area contributed by atoms with E-state index in [0.29, 0.717) is 17.2 Å². The Hall–Kier alpha value is -2.40.